The van der Waals surface area contributed by atoms with Crippen LogP contribution in [0.4, 0.5) is 0 Å². The summed E-state index contributed by atoms with van der Waals surface area (Å²) in [5.74, 6) is 0. The van der Waals surface area contributed by atoms with Crippen molar-refractivity contribution in [3.63, 3.8) is 0 Å². The van der Waals surface area contributed by atoms with E-state index in [0.29, 0.717) is 0 Å². The maximum atomic E-state index is 4.14. The van der Waals surface area contributed by atoms with Crippen LogP contribution in [-0.4, -0.2) is 24.6 Å². The summed E-state index contributed by atoms with van der Waals surface area (Å²) < 4.78 is 0. The Kier molecular flexibility index (Phi) is 2.29. The van der Waals surface area contributed by atoms with Gasteiger partial charge in [-0.2, -0.15) is 0 Å². The number of hydrogen-bond donors (Lipinski definition) is 2. The average molecular weight is 177 g/mol. The molecule has 0 bridgehead atoms. The summed E-state index contributed by atoms with van der Waals surface area (Å²) in [6, 6.07) is 4.10. The summed E-state index contributed by atoms with van der Waals surface area (Å²) in [7, 11) is 0. The maximum absolute atomic E-state index is 4.14. The minimum atomic E-state index is 0.0481. The predicted molar refractivity (Wildman–Crippen MR) is 52.5 cm³/mol. The summed E-state index contributed by atoms with van der Waals surface area (Å²) in [6.45, 7) is 5.25. The second-order valence-electron chi connectivity index (χ2n) is 3.68. The fraction of sp³-hybridized carbons (Fsp3) is 0.500. The van der Waals surface area contributed by atoms with E-state index in [-0.39, 0.29) is 5.54 Å². The normalized spacial score (nSPS) is 28.7. The smallest absolute Gasteiger partial charge is 0.0548 e. The largest absolute Gasteiger partial charge is 0.313 e. The van der Waals surface area contributed by atoms with Gasteiger partial charge in [0, 0.05) is 32.0 Å². The second kappa shape index (κ2) is 3.44. The Morgan fingerprint density at radius 2 is 2.38 bits per heavy atom. The molecule has 1 atom stereocenters. The number of nitrogens with one attached hydrogen (secondary N) is 2. The summed E-state index contributed by atoms with van der Waals surface area (Å²) >= 11 is 0. The first-order chi connectivity index (χ1) is 6.31. The molecule has 1 aliphatic heterocycles. The first-order valence-corrected chi connectivity index (χ1v) is 4.67. The van der Waals surface area contributed by atoms with Crippen LogP contribution in [0, 0.1) is 0 Å². The standard InChI is InChI=1S/C10H15N3/c1-10(8-12-5-6-13-10)9-3-2-4-11-7-9/h2-4,7,12-13H,5-6,8H2,1H3. The van der Waals surface area contributed by atoms with Crippen LogP contribution in [0.15, 0.2) is 24.5 Å². The van der Waals surface area contributed by atoms with Gasteiger partial charge >= 0.3 is 0 Å². The molecule has 0 spiro atoms. The SMILES string of the molecule is CC1(c2cccnc2)CNCCN1. The molecular weight excluding hydrogens is 162 g/mol. The van der Waals surface area contributed by atoms with E-state index in [0.717, 1.165) is 19.6 Å². The zero-order valence-electron chi connectivity index (χ0n) is 7.88. The van der Waals surface area contributed by atoms with Gasteiger partial charge in [0.05, 0.1) is 5.54 Å². The van der Waals surface area contributed by atoms with E-state index >= 15 is 0 Å². The van der Waals surface area contributed by atoms with E-state index in [4.69, 9.17) is 0 Å². The number of hydrogen-bond acceptors (Lipinski definition) is 3. The molecule has 3 heteroatoms. The molecule has 13 heavy (non-hydrogen) atoms. The van der Waals surface area contributed by atoms with Gasteiger partial charge in [-0.15, -0.1) is 0 Å². The highest BCUT2D eigenvalue weighted by atomic mass is 15.1. The number of rotatable bonds is 1. The molecule has 3 nitrogen and oxygen atoms in total. The van der Waals surface area contributed by atoms with E-state index in [2.05, 4.69) is 28.6 Å². The zero-order chi connectivity index (χ0) is 9.15. The van der Waals surface area contributed by atoms with Crippen molar-refractivity contribution in [2.45, 2.75) is 12.5 Å². The Labute approximate surface area is 78.6 Å². The third kappa shape index (κ3) is 1.71. The van der Waals surface area contributed by atoms with Crippen LogP contribution < -0.4 is 10.6 Å². The molecule has 1 aromatic rings. The van der Waals surface area contributed by atoms with Crippen molar-refractivity contribution in [3.05, 3.63) is 30.1 Å². The zero-order valence-corrected chi connectivity index (χ0v) is 7.88. The minimum Gasteiger partial charge on any atom is -0.313 e. The minimum absolute atomic E-state index is 0.0481. The lowest BCUT2D eigenvalue weighted by atomic mass is 9.92. The van der Waals surface area contributed by atoms with Gasteiger partial charge < -0.3 is 10.6 Å². The lowest BCUT2D eigenvalue weighted by Gasteiger charge is -2.35. The molecule has 1 unspecified atom stereocenters. The van der Waals surface area contributed by atoms with Crippen molar-refractivity contribution < 1.29 is 0 Å². The summed E-state index contributed by atoms with van der Waals surface area (Å²) in [4.78, 5) is 4.14. The van der Waals surface area contributed by atoms with Crippen LogP contribution >= 0.6 is 0 Å². The number of aromatic nitrogens is 1. The maximum Gasteiger partial charge on any atom is 0.0548 e. The Balaban J connectivity index is 2.23. The van der Waals surface area contributed by atoms with Gasteiger partial charge in [0.1, 0.15) is 0 Å². The van der Waals surface area contributed by atoms with Crippen LogP contribution in [0.3, 0.4) is 0 Å². The van der Waals surface area contributed by atoms with Gasteiger partial charge in [-0.25, -0.2) is 0 Å². The fourth-order valence-corrected chi connectivity index (χ4v) is 1.72. The molecule has 0 amide bonds. The molecule has 1 aliphatic rings. The Morgan fingerprint density at radius 3 is 3.00 bits per heavy atom. The molecule has 0 aliphatic carbocycles. The van der Waals surface area contributed by atoms with E-state index in [1.807, 2.05) is 18.5 Å². The summed E-state index contributed by atoms with van der Waals surface area (Å²) in [6.07, 6.45) is 3.74. The van der Waals surface area contributed by atoms with Crippen molar-refractivity contribution >= 4 is 0 Å². The molecule has 1 aromatic heterocycles. The third-order valence-electron chi connectivity index (χ3n) is 2.59. The van der Waals surface area contributed by atoms with Gasteiger partial charge in [0.15, 0.2) is 0 Å². The van der Waals surface area contributed by atoms with Crippen molar-refractivity contribution in [1.82, 2.24) is 15.6 Å². The Morgan fingerprint density at radius 1 is 1.46 bits per heavy atom. The van der Waals surface area contributed by atoms with E-state index < -0.39 is 0 Å². The highest BCUT2D eigenvalue weighted by molar-refractivity contribution is 5.21. The van der Waals surface area contributed by atoms with Gasteiger partial charge in [-0.1, -0.05) is 6.07 Å². The first kappa shape index (κ1) is 8.66. The molecule has 0 radical (unpaired) electrons. The lowest BCUT2D eigenvalue weighted by molar-refractivity contribution is 0.302. The van der Waals surface area contributed by atoms with Crippen molar-refractivity contribution in [2.24, 2.45) is 0 Å². The van der Waals surface area contributed by atoms with Crippen LogP contribution in [0.1, 0.15) is 12.5 Å². The van der Waals surface area contributed by atoms with Crippen LogP contribution in [-0.2, 0) is 5.54 Å². The lowest BCUT2D eigenvalue weighted by Crippen LogP contribution is -2.54. The van der Waals surface area contributed by atoms with Crippen LogP contribution in [0.25, 0.3) is 0 Å². The van der Waals surface area contributed by atoms with Gasteiger partial charge in [-0.05, 0) is 18.6 Å². The van der Waals surface area contributed by atoms with Crippen molar-refractivity contribution in [2.75, 3.05) is 19.6 Å². The van der Waals surface area contributed by atoms with Gasteiger partial charge in [0.25, 0.3) is 0 Å². The van der Waals surface area contributed by atoms with Gasteiger partial charge in [0.2, 0.25) is 0 Å². The van der Waals surface area contributed by atoms with E-state index in [1.165, 1.54) is 5.56 Å². The van der Waals surface area contributed by atoms with Crippen molar-refractivity contribution in [3.8, 4) is 0 Å². The molecule has 1 saturated heterocycles. The molecule has 0 aromatic carbocycles. The van der Waals surface area contributed by atoms with E-state index in [1.54, 1.807) is 0 Å². The monoisotopic (exact) mass is 177 g/mol. The predicted octanol–water partition coefficient (Wildman–Crippen LogP) is 0.490. The molecule has 70 valence electrons. The van der Waals surface area contributed by atoms with E-state index in [9.17, 15) is 0 Å². The molecule has 2 heterocycles. The van der Waals surface area contributed by atoms with Crippen LogP contribution in [0.5, 0.6) is 0 Å². The number of pyridine rings is 1. The average Bonchev–Trinajstić information content (AvgIpc) is 2.20. The molecule has 0 saturated carbocycles. The highest BCUT2D eigenvalue weighted by Gasteiger charge is 2.27. The summed E-state index contributed by atoms with van der Waals surface area (Å²) in [5, 5.41) is 6.89. The second-order valence-corrected chi connectivity index (χ2v) is 3.68. The van der Waals surface area contributed by atoms with Gasteiger partial charge in [-0.3, -0.25) is 4.98 Å². The molecular formula is C10H15N3. The number of nitrogens with zero attached hydrogens (tertiary/aromatic N) is 1. The third-order valence-corrected chi connectivity index (χ3v) is 2.59. The Bertz CT molecular complexity index is 265. The molecule has 1 fully saturated rings. The highest BCUT2D eigenvalue weighted by Crippen LogP contribution is 2.19. The number of piperazine rings is 1. The molecule has 2 rings (SSSR count). The first-order valence-electron chi connectivity index (χ1n) is 4.67. The fourth-order valence-electron chi connectivity index (χ4n) is 1.72. The van der Waals surface area contributed by atoms with Crippen LogP contribution in [0.2, 0.25) is 0 Å². The molecule has 2 N–H and O–H groups in total. The quantitative estimate of drug-likeness (QED) is 0.655. The topological polar surface area (TPSA) is 37.0 Å². The Hall–Kier alpha value is -0.930. The summed E-state index contributed by atoms with van der Waals surface area (Å²) in [5.41, 5.74) is 1.30. The van der Waals surface area contributed by atoms with Crippen molar-refractivity contribution in [1.29, 1.82) is 0 Å².